The van der Waals surface area contributed by atoms with Crippen LogP contribution in [0, 0.1) is 11.7 Å². The zero-order chi connectivity index (χ0) is 24.6. The van der Waals surface area contributed by atoms with Crippen LogP contribution in [-0.4, -0.2) is 5.91 Å². The van der Waals surface area contributed by atoms with Crippen molar-refractivity contribution in [3.8, 4) is 11.1 Å². The summed E-state index contributed by atoms with van der Waals surface area (Å²) in [6.07, 6.45) is -1.55. The maximum Gasteiger partial charge on any atom is 0.416 e. The van der Waals surface area contributed by atoms with E-state index in [0.29, 0.717) is 32.1 Å². The SMILES string of the molecule is O=C(Nc1ccc(C(F)(F)F)cc1F)C1CCCC(c2ccc(-c3cccc4c3COC4)cc2)C1. The molecule has 7 heteroatoms. The molecule has 3 aromatic carbocycles. The molecule has 1 aliphatic carbocycles. The average molecular weight is 484 g/mol. The number of anilines is 1. The van der Waals surface area contributed by atoms with Gasteiger partial charge in [0.25, 0.3) is 0 Å². The molecular formula is C28H25F4NO2. The normalized spacial score (nSPS) is 19.9. The highest BCUT2D eigenvalue weighted by atomic mass is 19.4. The lowest BCUT2D eigenvalue weighted by Crippen LogP contribution is -2.28. The second-order valence-corrected chi connectivity index (χ2v) is 9.30. The fourth-order valence-corrected chi connectivity index (χ4v) is 5.17. The predicted molar refractivity (Wildman–Crippen MR) is 125 cm³/mol. The summed E-state index contributed by atoms with van der Waals surface area (Å²) in [7, 11) is 0. The van der Waals surface area contributed by atoms with E-state index in [0.717, 1.165) is 36.1 Å². The minimum absolute atomic E-state index is 0.191. The Hall–Kier alpha value is -3.19. The molecule has 1 saturated carbocycles. The van der Waals surface area contributed by atoms with Gasteiger partial charge < -0.3 is 10.1 Å². The molecule has 0 aromatic heterocycles. The third-order valence-electron chi connectivity index (χ3n) is 7.07. The maximum atomic E-state index is 14.2. The van der Waals surface area contributed by atoms with Gasteiger partial charge in [-0.2, -0.15) is 13.2 Å². The molecule has 1 fully saturated rings. The van der Waals surface area contributed by atoms with Crippen LogP contribution in [0.15, 0.2) is 60.7 Å². The Morgan fingerprint density at radius 1 is 0.971 bits per heavy atom. The van der Waals surface area contributed by atoms with Crippen LogP contribution in [0.3, 0.4) is 0 Å². The number of rotatable bonds is 4. The Morgan fingerprint density at radius 3 is 2.51 bits per heavy atom. The van der Waals surface area contributed by atoms with Crippen molar-refractivity contribution in [2.45, 2.75) is 51.0 Å². The molecule has 1 heterocycles. The van der Waals surface area contributed by atoms with Crippen LogP contribution < -0.4 is 5.32 Å². The molecule has 3 aromatic rings. The van der Waals surface area contributed by atoms with E-state index in [9.17, 15) is 22.4 Å². The van der Waals surface area contributed by atoms with Gasteiger partial charge in [0.15, 0.2) is 0 Å². The largest absolute Gasteiger partial charge is 0.416 e. The first kappa shape index (κ1) is 23.5. The molecule has 2 atom stereocenters. The van der Waals surface area contributed by atoms with Gasteiger partial charge in [0.2, 0.25) is 5.91 Å². The lowest BCUT2D eigenvalue weighted by Gasteiger charge is -2.29. The lowest BCUT2D eigenvalue weighted by molar-refractivity contribution is -0.137. The summed E-state index contributed by atoms with van der Waals surface area (Å²) in [4.78, 5) is 12.8. The number of ether oxygens (including phenoxy) is 1. The molecule has 1 aliphatic heterocycles. The van der Waals surface area contributed by atoms with Crippen molar-refractivity contribution in [2.75, 3.05) is 5.32 Å². The van der Waals surface area contributed by atoms with Gasteiger partial charge >= 0.3 is 6.18 Å². The Balaban J connectivity index is 1.26. The van der Waals surface area contributed by atoms with Crippen molar-refractivity contribution in [1.29, 1.82) is 0 Å². The molecule has 5 rings (SSSR count). The van der Waals surface area contributed by atoms with Gasteiger partial charge in [-0.15, -0.1) is 0 Å². The third kappa shape index (κ3) is 4.96. The number of fused-ring (bicyclic) bond motifs is 1. The second kappa shape index (κ2) is 9.46. The number of halogens is 4. The Morgan fingerprint density at radius 2 is 1.77 bits per heavy atom. The number of benzene rings is 3. The summed E-state index contributed by atoms with van der Waals surface area (Å²) in [6.45, 7) is 1.26. The molecule has 2 unspecified atom stereocenters. The summed E-state index contributed by atoms with van der Waals surface area (Å²) in [5.41, 5.74) is 4.58. The number of carbonyl (C=O) groups excluding carboxylic acids is 1. The number of hydrogen-bond acceptors (Lipinski definition) is 2. The van der Waals surface area contributed by atoms with Crippen LogP contribution in [0.1, 0.15) is 53.9 Å². The smallest absolute Gasteiger partial charge is 0.372 e. The van der Waals surface area contributed by atoms with Crippen molar-refractivity contribution in [2.24, 2.45) is 5.92 Å². The van der Waals surface area contributed by atoms with Crippen molar-refractivity contribution < 1.29 is 27.1 Å². The van der Waals surface area contributed by atoms with E-state index in [4.69, 9.17) is 4.74 Å². The van der Waals surface area contributed by atoms with E-state index >= 15 is 0 Å². The summed E-state index contributed by atoms with van der Waals surface area (Å²) >= 11 is 0. The van der Waals surface area contributed by atoms with Gasteiger partial charge in [-0.3, -0.25) is 4.79 Å². The molecule has 0 spiro atoms. The van der Waals surface area contributed by atoms with E-state index in [1.165, 1.54) is 16.7 Å². The number of alkyl halides is 3. The molecule has 35 heavy (non-hydrogen) atoms. The summed E-state index contributed by atoms with van der Waals surface area (Å²) in [5, 5.41) is 2.49. The summed E-state index contributed by atoms with van der Waals surface area (Å²) in [5.74, 6) is -1.58. The van der Waals surface area contributed by atoms with Gasteiger partial charge in [0, 0.05) is 5.92 Å². The Labute approximate surface area is 201 Å². The second-order valence-electron chi connectivity index (χ2n) is 9.30. The van der Waals surface area contributed by atoms with Crippen LogP contribution >= 0.6 is 0 Å². The average Bonchev–Trinajstić information content (AvgIpc) is 3.34. The van der Waals surface area contributed by atoms with Crippen LogP contribution in [0.25, 0.3) is 11.1 Å². The van der Waals surface area contributed by atoms with E-state index in [1.807, 2.05) is 6.07 Å². The maximum absolute atomic E-state index is 14.2. The molecule has 1 amide bonds. The molecule has 182 valence electrons. The lowest BCUT2D eigenvalue weighted by atomic mass is 9.77. The van der Waals surface area contributed by atoms with Gasteiger partial charge in [-0.05, 0) is 71.2 Å². The van der Waals surface area contributed by atoms with E-state index in [1.54, 1.807) is 0 Å². The molecular weight excluding hydrogens is 458 g/mol. The molecule has 2 aliphatic rings. The first-order valence-electron chi connectivity index (χ1n) is 11.8. The van der Waals surface area contributed by atoms with Crippen molar-refractivity contribution in [3.05, 3.63) is 88.7 Å². The Kier molecular flexibility index (Phi) is 6.36. The third-order valence-corrected chi connectivity index (χ3v) is 7.07. The van der Waals surface area contributed by atoms with Gasteiger partial charge in [-0.1, -0.05) is 48.9 Å². The predicted octanol–water partition coefficient (Wildman–Crippen LogP) is 7.45. The van der Waals surface area contributed by atoms with E-state index < -0.39 is 17.6 Å². The highest BCUT2D eigenvalue weighted by Gasteiger charge is 2.32. The quantitative estimate of drug-likeness (QED) is 0.391. The van der Waals surface area contributed by atoms with Crippen LogP contribution in [0.5, 0.6) is 0 Å². The van der Waals surface area contributed by atoms with Crippen LogP contribution in [-0.2, 0) is 28.9 Å². The highest BCUT2D eigenvalue weighted by molar-refractivity contribution is 5.92. The van der Waals surface area contributed by atoms with E-state index in [-0.39, 0.29) is 23.4 Å². The molecule has 0 radical (unpaired) electrons. The minimum atomic E-state index is -4.64. The van der Waals surface area contributed by atoms with Crippen molar-refractivity contribution in [1.82, 2.24) is 0 Å². The fraction of sp³-hybridized carbons (Fsp3) is 0.321. The topological polar surface area (TPSA) is 38.3 Å². The fourth-order valence-electron chi connectivity index (χ4n) is 5.17. The van der Waals surface area contributed by atoms with Crippen molar-refractivity contribution >= 4 is 11.6 Å². The molecule has 0 saturated heterocycles. The first-order chi connectivity index (χ1) is 16.8. The zero-order valence-electron chi connectivity index (χ0n) is 19.0. The first-order valence-corrected chi connectivity index (χ1v) is 11.8. The monoisotopic (exact) mass is 483 g/mol. The van der Waals surface area contributed by atoms with E-state index in [2.05, 4.69) is 41.7 Å². The number of nitrogens with one attached hydrogen (secondary N) is 1. The molecule has 0 bridgehead atoms. The summed E-state index contributed by atoms with van der Waals surface area (Å²) < 4.78 is 58.1. The standard InChI is InChI=1S/C28H25F4NO2/c29-25-14-22(28(30,31)32)11-12-26(25)33-27(34)20-4-1-3-19(13-20)17-7-9-18(10-8-17)23-6-2-5-21-15-35-16-24(21)23/h2,5-12,14,19-20H,1,3-4,13,15-16H2,(H,33,34). The molecule has 3 nitrogen and oxygen atoms in total. The number of hydrogen-bond donors (Lipinski definition) is 1. The molecule has 1 N–H and O–H groups in total. The highest BCUT2D eigenvalue weighted by Crippen LogP contribution is 2.39. The van der Waals surface area contributed by atoms with Gasteiger partial charge in [0.1, 0.15) is 5.82 Å². The van der Waals surface area contributed by atoms with Gasteiger partial charge in [0.05, 0.1) is 24.5 Å². The number of amides is 1. The van der Waals surface area contributed by atoms with Gasteiger partial charge in [-0.25, -0.2) is 4.39 Å². The van der Waals surface area contributed by atoms with Crippen LogP contribution in [0.4, 0.5) is 23.2 Å². The van der Waals surface area contributed by atoms with Crippen molar-refractivity contribution in [3.63, 3.8) is 0 Å². The zero-order valence-corrected chi connectivity index (χ0v) is 19.0. The number of carbonyl (C=O) groups is 1. The summed E-state index contributed by atoms with van der Waals surface area (Å²) in [6, 6.07) is 16.8. The Bertz CT molecular complexity index is 1240. The minimum Gasteiger partial charge on any atom is -0.372 e. The van der Waals surface area contributed by atoms with Crippen LogP contribution in [0.2, 0.25) is 0 Å².